The van der Waals surface area contributed by atoms with Crippen LogP contribution in [0.2, 0.25) is 0 Å². The fraction of sp³-hybridized carbons (Fsp3) is 0.158. The number of carbonyl (C=O) groups excluding carboxylic acids is 1. The molecule has 124 valence electrons. The van der Waals surface area contributed by atoms with Crippen LogP contribution in [0.5, 0.6) is 11.5 Å². The van der Waals surface area contributed by atoms with Gasteiger partial charge in [-0.2, -0.15) is 5.10 Å². The minimum Gasteiger partial charge on any atom is -0.497 e. The number of benzene rings is 2. The lowest BCUT2D eigenvalue weighted by Gasteiger charge is -2.02. The van der Waals surface area contributed by atoms with Crippen LogP contribution >= 0.6 is 0 Å². The second kappa shape index (κ2) is 9.15. The van der Waals surface area contributed by atoms with Crippen molar-refractivity contribution in [3.63, 3.8) is 0 Å². The Labute approximate surface area is 141 Å². The molecule has 0 saturated carbocycles. The summed E-state index contributed by atoms with van der Waals surface area (Å²) in [5.41, 5.74) is 4.23. The van der Waals surface area contributed by atoms with Crippen LogP contribution in [0, 0.1) is 0 Å². The number of rotatable bonds is 7. The van der Waals surface area contributed by atoms with E-state index in [0.29, 0.717) is 6.61 Å². The molecule has 0 aliphatic heterocycles. The molecule has 0 radical (unpaired) electrons. The third-order valence-corrected chi connectivity index (χ3v) is 3.12. The quantitative estimate of drug-likeness (QED) is 0.483. The first kappa shape index (κ1) is 17.3. The molecule has 0 aliphatic carbocycles. The van der Waals surface area contributed by atoms with E-state index in [9.17, 15) is 4.79 Å². The molecule has 0 fully saturated rings. The summed E-state index contributed by atoms with van der Waals surface area (Å²) in [6.45, 7) is 2.56. The maximum atomic E-state index is 11.7. The molecule has 2 aromatic rings. The predicted octanol–water partition coefficient (Wildman–Crippen LogP) is 3.26. The fourth-order valence-electron chi connectivity index (χ4n) is 1.91. The second-order valence-corrected chi connectivity index (χ2v) is 4.84. The Hall–Kier alpha value is -3.08. The smallest absolute Gasteiger partial charge is 0.264 e. The molecule has 0 saturated heterocycles. The molecule has 24 heavy (non-hydrogen) atoms. The third-order valence-electron chi connectivity index (χ3n) is 3.12. The van der Waals surface area contributed by atoms with Gasteiger partial charge in [-0.25, -0.2) is 5.43 Å². The van der Waals surface area contributed by atoms with E-state index in [1.54, 1.807) is 19.4 Å². The molecule has 1 amide bonds. The first-order valence-electron chi connectivity index (χ1n) is 7.59. The lowest BCUT2D eigenvalue weighted by atomic mass is 10.2. The van der Waals surface area contributed by atoms with Crippen molar-refractivity contribution < 1.29 is 14.3 Å². The van der Waals surface area contributed by atoms with Crippen molar-refractivity contribution >= 4 is 18.2 Å². The van der Waals surface area contributed by atoms with Crippen LogP contribution in [0.15, 0.2) is 59.7 Å². The summed E-state index contributed by atoms with van der Waals surface area (Å²) >= 11 is 0. The average molecular weight is 324 g/mol. The van der Waals surface area contributed by atoms with Crippen molar-refractivity contribution in [1.29, 1.82) is 0 Å². The van der Waals surface area contributed by atoms with Crippen molar-refractivity contribution in [2.75, 3.05) is 13.7 Å². The Bertz CT molecular complexity index is 704. The maximum absolute atomic E-state index is 11.7. The molecule has 2 rings (SSSR count). The Morgan fingerprint density at radius 2 is 1.67 bits per heavy atom. The van der Waals surface area contributed by atoms with Crippen molar-refractivity contribution in [2.24, 2.45) is 5.10 Å². The van der Waals surface area contributed by atoms with Gasteiger partial charge in [0.2, 0.25) is 0 Å². The summed E-state index contributed by atoms with van der Waals surface area (Å²) in [7, 11) is 1.61. The van der Waals surface area contributed by atoms with Crippen LogP contribution in [0.3, 0.4) is 0 Å². The van der Waals surface area contributed by atoms with Crippen molar-refractivity contribution in [3.05, 3.63) is 65.7 Å². The first-order valence-corrected chi connectivity index (χ1v) is 7.59. The molecule has 0 unspecified atom stereocenters. The van der Waals surface area contributed by atoms with E-state index in [-0.39, 0.29) is 5.91 Å². The van der Waals surface area contributed by atoms with E-state index in [4.69, 9.17) is 9.47 Å². The second-order valence-electron chi connectivity index (χ2n) is 4.84. The molecular formula is C19H20N2O3. The van der Waals surface area contributed by atoms with Gasteiger partial charge in [0.1, 0.15) is 11.5 Å². The fourth-order valence-corrected chi connectivity index (χ4v) is 1.91. The van der Waals surface area contributed by atoms with Crippen molar-refractivity contribution in [2.45, 2.75) is 6.92 Å². The number of nitrogens with one attached hydrogen (secondary N) is 1. The van der Waals surface area contributed by atoms with E-state index >= 15 is 0 Å². The van der Waals surface area contributed by atoms with Gasteiger partial charge >= 0.3 is 0 Å². The first-order chi connectivity index (χ1) is 11.7. The Balaban J connectivity index is 1.84. The summed E-state index contributed by atoms with van der Waals surface area (Å²) < 4.78 is 10.4. The minimum absolute atomic E-state index is 0.298. The van der Waals surface area contributed by atoms with E-state index in [2.05, 4.69) is 10.5 Å². The highest BCUT2D eigenvalue weighted by molar-refractivity contribution is 5.92. The van der Waals surface area contributed by atoms with Crippen LogP contribution < -0.4 is 14.9 Å². The van der Waals surface area contributed by atoms with Gasteiger partial charge in [0.15, 0.2) is 0 Å². The predicted molar refractivity (Wildman–Crippen MR) is 95.4 cm³/mol. The van der Waals surface area contributed by atoms with Gasteiger partial charge < -0.3 is 9.47 Å². The topological polar surface area (TPSA) is 59.9 Å². The highest BCUT2D eigenvalue weighted by Crippen LogP contribution is 2.12. The average Bonchev–Trinajstić information content (AvgIpc) is 2.62. The third kappa shape index (κ3) is 5.61. The van der Waals surface area contributed by atoms with Crippen LogP contribution in [0.1, 0.15) is 18.1 Å². The van der Waals surface area contributed by atoms with Gasteiger partial charge in [-0.3, -0.25) is 4.79 Å². The molecule has 0 aliphatic rings. The zero-order valence-corrected chi connectivity index (χ0v) is 13.7. The minimum atomic E-state index is -0.298. The summed E-state index contributed by atoms with van der Waals surface area (Å²) in [6.07, 6.45) is 4.72. The number of nitrogens with zero attached hydrogens (tertiary/aromatic N) is 1. The SMILES string of the molecule is CCOc1ccc(/C=N/NC(=O)/C=C/c2ccc(OC)cc2)cc1. The zero-order chi connectivity index (χ0) is 17.2. The molecule has 0 spiro atoms. The number of carbonyl (C=O) groups is 1. The summed E-state index contributed by atoms with van der Waals surface area (Å²) in [4.78, 5) is 11.7. The monoisotopic (exact) mass is 324 g/mol. The molecule has 0 bridgehead atoms. The number of hydrazone groups is 1. The normalized spacial score (nSPS) is 10.9. The lowest BCUT2D eigenvalue weighted by molar-refractivity contribution is -0.116. The van der Waals surface area contributed by atoms with E-state index < -0.39 is 0 Å². The highest BCUT2D eigenvalue weighted by Gasteiger charge is 1.95. The zero-order valence-electron chi connectivity index (χ0n) is 13.7. The lowest BCUT2D eigenvalue weighted by Crippen LogP contribution is -2.14. The van der Waals surface area contributed by atoms with Crippen LogP contribution in [-0.4, -0.2) is 25.8 Å². The molecule has 2 aromatic carbocycles. The van der Waals surface area contributed by atoms with Crippen LogP contribution in [0.25, 0.3) is 6.08 Å². The van der Waals surface area contributed by atoms with E-state index in [1.165, 1.54) is 6.08 Å². The molecular weight excluding hydrogens is 304 g/mol. The molecule has 0 heterocycles. The standard InChI is InChI=1S/C19H20N2O3/c1-3-24-18-11-6-16(7-12-18)14-20-21-19(22)13-8-15-4-9-17(23-2)10-5-15/h4-14H,3H2,1-2H3,(H,21,22)/b13-8+,20-14+. The van der Waals surface area contributed by atoms with E-state index in [0.717, 1.165) is 22.6 Å². The number of hydrogen-bond donors (Lipinski definition) is 1. The van der Waals surface area contributed by atoms with Gasteiger partial charge in [0.05, 0.1) is 19.9 Å². The summed E-state index contributed by atoms with van der Waals surface area (Å²) in [5, 5.41) is 3.92. The van der Waals surface area contributed by atoms with Gasteiger partial charge in [0.25, 0.3) is 5.91 Å². The Morgan fingerprint density at radius 1 is 1.04 bits per heavy atom. The number of ether oxygens (including phenoxy) is 2. The number of hydrogen-bond acceptors (Lipinski definition) is 4. The highest BCUT2D eigenvalue weighted by atomic mass is 16.5. The van der Waals surface area contributed by atoms with Gasteiger partial charge in [-0.1, -0.05) is 12.1 Å². The molecule has 0 aromatic heterocycles. The van der Waals surface area contributed by atoms with Crippen LogP contribution in [-0.2, 0) is 4.79 Å². The van der Waals surface area contributed by atoms with Gasteiger partial charge in [-0.05, 0) is 60.5 Å². The van der Waals surface area contributed by atoms with Gasteiger partial charge in [0, 0.05) is 6.08 Å². The largest absolute Gasteiger partial charge is 0.497 e. The molecule has 5 nitrogen and oxygen atoms in total. The summed E-state index contributed by atoms with van der Waals surface area (Å²) in [6, 6.07) is 14.9. The van der Waals surface area contributed by atoms with Gasteiger partial charge in [-0.15, -0.1) is 0 Å². The molecule has 5 heteroatoms. The maximum Gasteiger partial charge on any atom is 0.264 e. The summed E-state index contributed by atoms with van der Waals surface area (Å²) in [5.74, 6) is 1.28. The Kier molecular flexibility index (Phi) is 6.58. The molecule has 0 atom stereocenters. The van der Waals surface area contributed by atoms with Crippen molar-refractivity contribution in [3.8, 4) is 11.5 Å². The van der Waals surface area contributed by atoms with Crippen molar-refractivity contribution in [1.82, 2.24) is 5.43 Å². The van der Waals surface area contributed by atoms with Crippen LogP contribution in [0.4, 0.5) is 0 Å². The molecule has 1 N–H and O–H groups in total. The Morgan fingerprint density at radius 3 is 2.29 bits per heavy atom. The number of methoxy groups -OCH3 is 1. The number of amides is 1. The van der Waals surface area contributed by atoms with E-state index in [1.807, 2.05) is 55.5 Å².